The molecule has 1 aliphatic rings. The molecule has 0 unspecified atom stereocenters. The summed E-state index contributed by atoms with van der Waals surface area (Å²) < 4.78 is 10.8. The number of nitrogens with one attached hydrogen (secondary N) is 2. The van der Waals surface area contributed by atoms with Crippen LogP contribution in [-0.2, 0) is 27.3 Å². The van der Waals surface area contributed by atoms with E-state index < -0.39 is 12.1 Å². The van der Waals surface area contributed by atoms with Crippen LogP contribution >= 0.6 is 0 Å². The number of alkyl carbamates (subject to hydrolysis) is 1. The molecule has 2 aromatic rings. The first-order chi connectivity index (χ1) is 13.7. The number of nitrogens with zero attached hydrogens (tertiary/aromatic N) is 1. The predicted octanol–water partition coefficient (Wildman–Crippen LogP) is 2.21. The molecular weight excluding hydrogens is 358 g/mol. The summed E-state index contributed by atoms with van der Waals surface area (Å²) in [7, 11) is 0. The van der Waals surface area contributed by atoms with E-state index >= 15 is 0 Å². The molecule has 1 aromatic heterocycles. The molecule has 7 nitrogen and oxygen atoms in total. The van der Waals surface area contributed by atoms with Gasteiger partial charge in [0.25, 0.3) is 0 Å². The van der Waals surface area contributed by atoms with E-state index in [0.29, 0.717) is 13.0 Å². The van der Waals surface area contributed by atoms with Crippen molar-refractivity contribution >= 4 is 12.0 Å². The van der Waals surface area contributed by atoms with E-state index in [1.54, 1.807) is 24.5 Å². The Morgan fingerprint density at radius 1 is 1.14 bits per heavy atom. The van der Waals surface area contributed by atoms with Crippen LogP contribution in [-0.4, -0.2) is 42.3 Å². The Labute approximate surface area is 164 Å². The number of aromatic nitrogens is 1. The third-order valence-corrected chi connectivity index (χ3v) is 4.54. The van der Waals surface area contributed by atoms with Gasteiger partial charge in [0.1, 0.15) is 12.6 Å². The largest absolute Gasteiger partial charge is 0.445 e. The van der Waals surface area contributed by atoms with Crippen LogP contribution in [0.1, 0.15) is 24.0 Å². The number of hydrogen-bond donors (Lipinski definition) is 2. The van der Waals surface area contributed by atoms with Crippen LogP contribution in [0.3, 0.4) is 0 Å². The van der Waals surface area contributed by atoms with Gasteiger partial charge in [-0.3, -0.25) is 9.78 Å². The van der Waals surface area contributed by atoms with Gasteiger partial charge in [-0.05, 0) is 36.1 Å². The van der Waals surface area contributed by atoms with Crippen molar-refractivity contribution in [3.05, 3.63) is 66.0 Å². The van der Waals surface area contributed by atoms with Crippen molar-refractivity contribution in [1.29, 1.82) is 0 Å². The summed E-state index contributed by atoms with van der Waals surface area (Å²) in [6, 6.07) is 12.4. The fraction of sp³-hybridized carbons (Fsp3) is 0.381. The molecule has 0 bridgehead atoms. The summed E-state index contributed by atoms with van der Waals surface area (Å²) in [5, 5.41) is 5.56. The van der Waals surface area contributed by atoms with Crippen LogP contribution in [0.5, 0.6) is 0 Å². The zero-order valence-corrected chi connectivity index (χ0v) is 15.7. The lowest BCUT2D eigenvalue weighted by Crippen LogP contribution is -2.49. The molecule has 2 heterocycles. The van der Waals surface area contributed by atoms with E-state index in [9.17, 15) is 9.59 Å². The predicted molar refractivity (Wildman–Crippen MR) is 103 cm³/mol. The van der Waals surface area contributed by atoms with Gasteiger partial charge >= 0.3 is 6.09 Å². The molecule has 2 N–H and O–H groups in total. The van der Waals surface area contributed by atoms with Crippen molar-refractivity contribution in [1.82, 2.24) is 15.6 Å². The molecule has 2 amide bonds. The van der Waals surface area contributed by atoms with E-state index in [1.165, 1.54) is 0 Å². The maximum Gasteiger partial charge on any atom is 0.408 e. The maximum absolute atomic E-state index is 12.7. The molecule has 0 radical (unpaired) electrons. The third kappa shape index (κ3) is 6.35. The summed E-state index contributed by atoms with van der Waals surface area (Å²) in [5.41, 5.74) is 1.78. The van der Waals surface area contributed by atoms with Gasteiger partial charge in [0.15, 0.2) is 0 Å². The number of pyridine rings is 1. The van der Waals surface area contributed by atoms with Gasteiger partial charge in [0.05, 0.1) is 6.10 Å². The molecule has 2 atom stereocenters. The highest BCUT2D eigenvalue weighted by atomic mass is 16.5. The lowest BCUT2D eigenvalue weighted by atomic mass is 10.1. The molecule has 0 saturated carbocycles. The smallest absolute Gasteiger partial charge is 0.408 e. The normalized spacial score (nSPS) is 16.9. The number of hydrogen-bond acceptors (Lipinski definition) is 5. The molecule has 148 valence electrons. The molecule has 1 saturated heterocycles. The quantitative estimate of drug-likeness (QED) is 0.730. The minimum absolute atomic E-state index is 0.0416. The van der Waals surface area contributed by atoms with Crippen LogP contribution < -0.4 is 10.6 Å². The molecular formula is C21H25N3O4. The van der Waals surface area contributed by atoms with Gasteiger partial charge in [0.2, 0.25) is 5.91 Å². The zero-order valence-electron chi connectivity index (χ0n) is 15.7. The summed E-state index contributed by atoms with van der Waals surface area (Å²) >= 11 is 0. The second kappa shape index (κ2) is 10.4. The summed E-state index contributed by atoms with van der Waals surface area (Å²) in [6.45, 7) is 1.29. The minimum Gasteiger partial charge on any atom is -0.445 e. The second-order valence-electron chi connectivity index (χ2n) is 6.70. The number of amides is 2. The Morgan fingerprint density at radius 3 is 2.64 bits per heavy atom. The van der Waals surface area contributed by atoms with Crippen LogP contribution in [0.25, 0.3) is 0 Å². The van der Waals surface area contributed by atoms with Gasteiger partial charge in [0, 0.05) is 32.0 Å². The topological polar surface area (TPSA) is 89.6 Å². The Hall–Kier alpha value is -2.93. The Balaban J connectivity index is 1.56. The summed E-state index contributed by atoms with van der Waals surface area (Å²) in [4.78, 5) is 28.8. The number of benzene rings is 1. The number of carbonyl (C=O) groups is 2. The van der Waals surface area contributed by atoms with Crippen molar-refractivity contribution < 1.29 is 19.1 Å². The van der Waals surface area contributed by atoms with Crippen LogP contribution in [0, 0.1) is 0 Å². The van der Waals surface area contributed by atoms with E-state index in [4.69, 9.17) is 9.47 Å². The van der Waals surface area contributed by atoms with Crippen molar-refractivity contribution in [2.75, 3.05) is 13.2 Å². The monoisotopic (exact) mass is 383 g/mol. The molecule has 1 aromatic carbocycles. The van der Waals surface area contributed by atoms with Crippen molar-refractivity contribution in [2.24, 2.45) is 0 Å². The van der Waals surface area contributed by atoms with Crippen molar-refractivity contribution in [3.63, 3.8) is 0 Å². The van der Waals surface area contributed by atoms with Crippen molar-refractivity contribution in [3.8, 4) is 0 Å². The highest BCUT2D eigenvalue weighted by Gasteiger charge is 2.24. The highest BCUT2D eigenvalue weighted by Crippen LogP contribution is 2.11. The molecule has 1 fully saturated rings. The summed E-state index contributed by atoms with van der Waals surface area (Å²) in [6.07, 6.45) is 4.99. The molecule has 0 aliphatic carbocycles. The van der Waals surface area contributed by atoms with Gasteiger partial charge in [-0.15, -0.1) is 0 Å². The molecule has 3 rings (SSSR count). The van der Waals surface area contributed by atoms with Gasteiger partial charge in [-0.1, -0.05) is 30.3 Å². The van der Waals surface area contributed by atoms with E-state index in [0.717, 1.165) is 30.6 Å². The van der Waals surface area contributed by atoms with E-state index in [1.807, 2.05) is 30.3 Å². The maximum atomic E-state index is 12.7. The zero-order chi connectivity index (χ0) is 19.6. The standard InChI is InChI=1S/C21H25N3O4/c25-20(23-14-18-7-4-12-27-18)19(13-16-5-2-1-3-6-16)24-21(26)28-15-17-8-10-22-11-9-17/h1-3,5-6,8-11,18-19H,4,7,12-15H2,(H,23,25)(H,24,26)/t18-,19-/m0/s1. The van der Waals surface area contributed by atoms with Crippen molar-refractivity contribution in [2.45, 2.75) is 38.0 Å². The Kier molecular flexibility index (Phi) is 7.37. The molecule has 1 aliphatic heterocycles. The first-order valence-electron chi connectivity index (χ1n) is 9.46. The van der Waals surface area contributed by atoms with Crippen LogP contribution in [0.2, 0.25) is 0 Å². The fourth-order valence-electron chi connectivity index (χ4n) is 3.01. The Bertz CT molecular complexity index is 749. The summed E-state index contributed by atoms with van der Waals surface area (Å²) in [5.74, 6) is -0.250. The highest BCUT2D eigenvalue weighted by molar-refractivity contribution is 5.85. The second-order valence-corrected chi connectivity index (χ2v) is 6.70. The number of rotatable bonds is 8. The van der Waals surface area contributed by atoms with Gasteiger partial charge < -0.3 is 20.1 Å². The van der Waals surface area contributed by atoms with Gasteiger partial charge in [-0.2, -0.15) is 0 Å². The average Bonchev–Trinajstić information content (AvgIpc) is 3.25. The average molecular weight is 383 g/mol. The first-order valence-corrected chi connectivity index (χ1v) is 9.46. The van der Waals surface area contributed by atoms with Crippen LogP contribution in [0.15, 0.2) is 54.9 Å². The fourth-order valence-corrected chi connectivity index (χ4v) is 3.01. The van der Waals surface area contributed by atoms with E-state index in [-0.39, 0.29) is 18.6 Å². The lowest BCUT2D eigenvalue weighted by molar-refractivity contribution is -0.123. The van der Waals surface area contributed by atoms with Gasteiger partial charge in [-0.25, -0.2) is 4.79 Å². The first kappa shape index (κ1) is 19.8. The Morgan fingerprint density at radius 2 is 1.93 bits per heavy atom. The minimum atomic E-state index is -0.728. The molecule has 28 heavy (non-hydrogen) atoms. The lowest BCUT2D eigenvalue weighted by Gasteiger charge is -2.20. The number of carbonyl (C=O) groups excluding carboxylic acids is 2. The molecule has 7 heteroatoms. The van der Waals surface area contributed by atoms with Crippen LogP contribution in [0.4, 0.5) is 4.79 Å². The third-order valence-electron chi connectivity index (χ3n) is 4.54. The molecule has 0 spiro atoms. The van der Waals surface area contributed by atoms with E-state index in [2.05, 4.69) is 15.6 Å². The number of ether oxygens (including phenoxy) is 2. The SMILES string of the molecule is O=C(N[C@@H](Cc1ccccc1)C(=O)NC[C@@H]1CCCO1)OCc1ccncc1.